The number of nitrogens with one attached hydrogen (secondary N) is 1. The van der Waals surface area contributed by atoms with Gasteiger partial charge in [0, 0.05) is 11.1 Å². The summed E-state index contributed by atoms with van der Waals surface area (Å²) in [5, 5.41) is 6.20. The molecule has 0 spiro atoms. The van der Waals surface area contributed by atoms with E-state index >= 15 is 0 Å². The molecular formula is C50H37N3. The van der Waals surface area contributed by atoms with Crippen molar-refractivity contribution in [1.82, 2.24) is 5.32 Å². The van der Waals surface area contributed by atoms with E-state index in [9.17, 15) is 0 Å². The molecule has 3 unspecified atom stereocenters. The molecule has 252 valence electrons. The molecule has 0 fully saturated rings. The first-order valence-electron chi connectivity index (χ1n) is 18.5. The molecular weight excluding hydrogens is 643 g/mol. The Morgan fingerprint density at radius 1 is 0.528 bits per heavy atom. The molecule has 3 atom stereocenters. The third-order valence-electron chi connectivity index (χ3n) is 11.2. The lowest BCUT2D eigenvalue weighted by Gasteiger charge is -2.40. The van der Waals surface area contributed by atoms with Gasteiger partial charge >= 0.3 is 0 Å². The average molecular weight is 680 g/mol. The van der Waals surface area contributed by atoms with Gasteiger partial charge in [0.15, 0.2) is 6.17 Å². The smallest absolute Gasteiger partial charge is 0.169 e. The van der Waals surface area contributed by atoms with E-state index in [0.29, 0.717) is 0 Å². The fourth-order valence-electron chi connectivity index (χ4n) is 8.86. The molecule has 3 heteroatoms. The summed E-state index contributed by atoms with van der Waals surface area (Å²) in [5.41, 5.74) is 11.7. The minimum absolute atomic E-state index is 0.190. The van der Waals surface area contributed by atoms with Crippen molar-refractivity contribution < 1.29 is 0 Å². The zero-order chi connectivity index (χ0) is 35.2. The van der Waals surface area contributed by atoms with Crippen molar-refractivity contribution in [3.63, 3.8) is 0 Å². The van der Waals surface area contributed by atoms with E-state index in [-0.39, 0.29) is 12.1 Å². The van der Waals surface area contributed by atoms with Crippen LogP contribution in [0, 0.1) is 5.92 Å². The van der Waals surface area contributed by atoms with Crippen LogP contribution in [0.3, 0.4) is 0 Å². The molecule has 2 aliphatic carbocycles. The zero-order valence-electron chi connectivity index (χ0n) is 29.2. The number of aliphatic imine (C=N–C) groups is 2. The molecule has 3 nitrogen and oxygen atoms in total. The highest BCUT2D eigenvalue weighted by atomic mass is 15.2. The van der Waals surface area contributed by atoms with E-state index in [1.165, 1.54) is 49.7 Å². The molecule has 3 aliphatic rings. The summed E-state index contributed by atoms with van der Waals surface area (Å²) >= 11 is 0. The molecule has 0 bridgehead atoms. The summed E-state index contributed by atoms with van der Waals surface area (Å²) in [6.07, 6.45) is 9.75. The van der Waals surface area contributed by atoms with Gasteiger partial charge in [-0.3, -0.25) is 0 Å². The van der Waals surface area contributed by atoms with Gasteiger partial charge in [0.1, 0.15) is 11.7 Å². The lowest BCUT2D eigenvalue weighted by atomic mass is 9.62. The van der Waals surface area contributed by atoms with E-state index < -0.39 is 5.41 Å². The molecule has 0 radical (unpaired) electrons. The normalized spacial score (nSPS) is 19.9. The maximum atomic E-state index is 5.31. The molecule has 0 aromatic heterocycles. The van der Waals surface area contributed by atoms with Crippen LogP contribution in [0.15, 0.2) is 204 Å². The highest BCUT2D eigenvalue weighted by Crippen LogP contribution is 2.61. The van der Waals surface area contributed by atoms with Crippen molar-refractivity contribution >= 4 is 22.4 Å². The second-order valence-electron chi connectivity index (χ2n) is 14.1. The summed E-state index contributed by atoms with van der Waals surface area (Å²) in [6, 6.07) is 61.3. The largest absolute Gasteiger partial charge is 0.324 e. The highest BCUT2D eigenvalue weighted by Gasteiger charge is 2.50. The molecule has 10 rings (SSSR count). The number of fused-ring (bicyclic) bond motifs is 4. The molecule has 7 aromatic carbocycles. The van der Waals surface area contributed by atoms with Crippen molar-refractivity contribution in [2.45, 2.75) is 18.0 Å². The summed E-state index contributed by atoms with van der Waals surface area (Å²) in [5.74, 6) is 1.83. The number of allylic oxidation sites excluding steroid dienone is 4. The summed E-state index contributed by atoms with van der Waals surface area (Å²) in [4.78, 5) is 10.4. The van der Waals surface area contributed by atoms with Crippen molar-refractivity contribution in [2.24, 2.45) is 15.9 Å². The first-order chi connectivity index (χ1) is 26.3. The standard InChI is InChI=1S/C50H37N3/c1-6-18-34(19-7-1)45-41-29-17-16-24-37(41)32-44-46(45)42-31-30-38(33-43(42)50(44,39-25-12-4-13-26-39)40-27-14-5-15-28-40)49-52-47(35-20-8-2-9-21-35)51-48(53-49)36-22-10-3-11-23-36/h1-27,29-33,40,47H,28H2,(H,51,52,53). The van der Waals surface area contributed by atoms with E-state index in [0.717, 1.165) is 34.8 Å². The molecule has 0 saturated heterocycles. The van der Waals surface area contributed by atoms with Gasteiger partial charge in [-0.05, 0) is 79.8 Å². The Morgan fingerprint density at radius 3 is 1.89 bits per heavy atom. The van der Waals surface area contributed by atoms with Crippen LogP contribution >= 0.6 is 0 Å². The van der Waals surface area contributed by atoms with E-state index in [1.54, 1.807) is 0 Å². The third kappa shape index (κ3) is 5.11. The third-order valence-corrected chi connectivity index (χ3v) is 11.2. The maximum Gasteiger partial charge on any atom is 0.169 e. The second kappa shape index (κ2) is 12.9. The molecule has 1 N–H and O–H groups in total. The second-order valence-corrected chi connectivity index (χ2v) is 14.1. The summed E-state index contributed by atoms with van der Waals surface area (Å²) in [7, 11) is 0. The van der Waals surface area contributed by atoms with Gasteiger partial charge < -0.3 is 5.32 Å². The van der Waals surface area contributed by atoms with Gasteiger partial charge in [0.25, 0.3) is 0 Å². The van der Waals surface area contributed by atoms with Gasteiger partial charge in [-0.1, -0.05) is 182 Å². The molecule has 7 aromatic rings. The van der Waals surface area contributed by atoms with Crippen LogP contribution in [-0.4, -0.2) is 11.7 Å². The Kier molecular flexibility index (Phi) is 7.58. The Morgan fingerprint density at radius 2 is 1.17 bits per heavy atom. The van der Waals surface area contributed by atoms with Crippen LogP contribution in [0.1, 0.15) is 46.0 Å². The number of hydrogen-bond donors (Lipinski definition) is 1. The van der Waals surface area contributed by atoms with Crippen molar-refractivity contribution in [3.8, 4) is 22.3 Å². The minimum atomic E-state index is -0.457. The van der Waals surface area contributed by atoms with Gasteiger partial charge in [-0.2, -0.15) is 0 Å². The van der Waals surface area contributed by atoms with Crippen LogP contribution in [-0.2, 0) is 5.41 Å². The number of hydrogen-bond acceptors (Lipinski definition) is 3. The lowest BCUT2D eigenvalue weighted by Crippen LogP contribution is -2.37. The summed E-state index contributed by atoms with van der Waals surface area (Å²) < 4.78 is 0. The van der Waals surface area contributed by atoms with Gasteiger partial charge in [-0.25, -0.2) is 9.98 Å². The molecule has 0 amide bonds. The SMILES string of the molecule is C1=CCC(C2(c3ccccc3)c3cc(C4=NC(c5ccccc5)N=C(c5ccccc5)N4)ccc3-c3c2cc2ccccc2c3-c2ccccc2)C=C1. The quantitative estimate of drug-likeness (QED) is 0.187. The average Bonchev–Trinajstić information content (AvgIpc) is 3.54. The van der Waals surface area contributed by atoms with Crippen molar-refractivity contribution in [2.75, 3.05) is 0 Å². The van der Waals surface area contributed by atoms with Crippen molar-refractivity contribution in [3.05, 3.63) is 228 Å². The molecule has 0 saturated carbocycles. The molecule has 53 heavy (non-hydrogen) atoms. The number of nitrogens with zero attached hydrogens (tertiary/aromatic N) is 2. The van der Waals surface area contributed by atoms with Crippen molar-refractivity contribution in [1.29, 1.82) is 0 Å². The van der Waals surface area contributed by atoms with Gasteiger partial charge in [0.2, 0.25) is 0 Å². The molecule has 1 aliphatic heterocycles. The van der Waals surface area contributed by atoms with Crippen LogP contribution in [0.5, 0.6) is 0 Å². The van der Waals surface area contributed by atoms with E-state index in [1.807, 2.05) is 12.1 Å². The maximum absolute atomic E-state index is 5.31. The fraction of sp³-hybridized carbons (Fsp3) is 0.0800. The number of benzene rings is 7. The first kappa shape index (κ1) is 31.2. The molecule has 1 heterocycles. The summed E-state index contributed by atoms with van der Waals surface area (Å²) in [6.45, 7) is 0. The monoisotopic (exact) mass is 679 g/mol. The number of rotatable bonds is 6. The minimum Gasteiger partial charge on any atom is -0.324 e. The van der Waals surface area contributed by atoms with Gasteiger partial charge in [-0.15, -0.1) is 0 Å². The van der Waals surface area contributed by atoms with E-state index in [2.05, 4.69) is 187 Å². The van der Waals surface area contributed by atoms with E-state index in [4.69, 9.17) is 9.98 Å². The topological polar surface area (TPSA) is 36.8 Å². The lowest BCUT2D eigenvalue weighted by molar-refractivity contribution is 0.458. The Balaban J connectivity index is 1.26. The Hall–Kier alpha value is -6.58. The predicted octanol–water partition coefficient (Wildman–Crippen LogP) is 11.4. The highest BCUT2D eigenvalue weighted by molar-refractivity contribution is 6.16. The Labute approximate surface area is 310 Å². The zero-order valence-corrected chi connectivity index (χ0v) is 29.2. The fourth-order valence-corrected chi connectivity index (χ4v) is 8.86. The van der Waals surface area contributed by atoms with Crippen LogP contribution < -0.4 is 5.32 Å². The van der Waals surface area contributed by atoms with Crippen LogP contribution in [0.25, 0.3) is 33.0 Å². The first-order valence-corrected chi connectivity index (χ1v) is 18.5. The van der Waals surface area contributed by atoms with Gasteiger partial charge in [0.05, 0.1) is 5.41 Å². The van der Waals surface area contributed by atoms with Crippen LogP contribution in [0.2, 0.25) is 0 Å². The predicted molar refractivity (Wildman–Crippen MR) is 219 cm³/mol. The number of amidine groups is 2. The Bertz CT molecular complexity index is 2600. The van der Waals surface area contributed by atoms with Crippen LogP contribution in [0.4, 0.5) is 0 Å².